The van der Waals surface area contributed by atoms with Crippen molar-refractivity contribution in [3.8, 4) is 0 Å². The quantitative estimate of drug-likeness (QED) is 0.649. The predicted octanol–water partition coefficient (Wildman–Crippen LogP) is 3.99. The van der Waals surface area contributed by atoms with E-state index in [4.69, 9.17) is 4.74 Å². The molecular weight excluding hydrogens is 246 g/mol. The molecule has 3 rings (SSSR count). The zero-order valence-electron chi connectivity index (χ0n) is 11.3. The number of fused-ring (bicyclic) bond motifs is 1. The molecule has 2 aromatic carbocycles. The van der Waals surface area contributed by atoms with Crippen molar-refractivity contribution in [2.45, 2.75) is 13.0 Å². The molecule has 0 bridgehead atoms. The van der Waals surface area contributed by atoms with Gasteiger partial charge in [0.25, 0.3) is 0 Å². The standard InChI is InChI=1S/C18H17NO/c1-2-6-15(7-3-1)14-20-13-11-16-8-4-10-18-17(16)9-5-12-19-18/h1-10,12H,11,13-14H2. The van der Waals surface area contributed by atoms with Gasteiger partial charge in [0.15, 0.2) is 0 Å². The van der Waals surface area contributed by atoms with Gasteiger partial charge in [-0.15, -0.1) is 0 Å². The van der Waals surface area contributed by atoms with Crippen LogP contribution in [0.2, 0.25) is 0 Å². The van der Waals surface area contributed by atoms with E-state index >= 15 is 0 Å². The second-order valence-electron chi connectivity index (χ2n) is 4.78. The Hall–Kier alpha value is -2.19. The van der Waals surface area contributed by atoms with Gasteiger partial charge in [-0.25, -0.2) is 0 Å². The van der Waals surface area contributed by atoms with Crippen molar-refractivity contribution in [3.05, 3.63) is 78.0 Å². The summed E-state index contributed by atoms with van der Waals surface area (Å²) in [5.41, 5.74) is 3.56. The van der Waals surface area contributed by atoms with E-state index in [1.807, 2.05) is 36.5 Å². The average Bonchev–Trinajstić information content (AvgIpc) is 2.53. The predicted molar refractivity (Wildman–Crippen MR) is 81.5 cm³/mol. The highest BCUT2D eigenvalue weighted by atomic mass is 16.5. The Labute approximate surface area is 119 Å². The lowest BCUT2D eigenvalue weighted by atomic mass is 10.1. The number of benzene rings is 2. The van der Waals surface area contributed by atoms with E-state index in [-0.39, 0.29) is 0 Å². The van der Waals surface area contributed by atoms with Crippen LogP contribution in [0.1, 0.15) is 11.1 Å². The maximum absolute atomic E-state index is 5.75. The highest BCUT2D eigenvalue weighted by molar-refractivity contribution is 5.81. The number of rotatable bonds is 5. The molecule has 0 atom stereocenters. The van der Waals surface area contributed by atoms with E-state index in [2.05, 4.69) is 35.3 Å². The summed E-state index contributed by atoms with van der Waals surface area (Å²) in [5, 5.41) is 1.22. The summed E-state index contributed by atoms with van der Waals surface area (Å²) in [7, 11) is 0. The second-order valence-corrected chi connectivity index (χ2v) is 4.78. The van der Waals surface area contributed by atoms with Crippen molar-refractivity contribution >= 4 is 10.9 Å². The van der Waals surface area contributed by atoms with Crippen LogP contribution in [0.4, 0.5) is 0 Å². The number of hydrogen-bond donors (Lipinski definition) is 0. The monoisotopic (exact) mass is 263 g/mol. The molecule has 0 amide bonds. The van der Waals surface area contributed by atoms with Gasteiger partial charge in [0.05, 0.1) is 18.7 Å². The fourth-order valence-electron chi connectivity index (χ4n) is 2.33. The molecule has 100 valence electrons. The SMILES string of the molecule is c1ccc(COCCc2cccc3ncccc23)cc1. The van der Waals surface area contributed by atoms with Crippen molar-refractivity contribution in [2.24, 2.45) is 0 Å². The molecule has 20 heavy (non-hydrogen) atoms. The Morgan fingerprint density at radius 1 is 0.850 bits per heavy atom. The minimum absolute atomic E-state index is 0.670. The topological polar surface area (TPSA) is 22.1 Å². The van der Waals surface area contributed by atoms with Crippen molar-refractivity contribution in [2.75, 3.05) is 6.61 Å². The Bertz CT molecular complexity index is 674. The summed E-state index contributed by atoms with van der Waals surface area (Å²) in [6, 6.07) is 20.6. The van der Waals surface area contributed by atoms with Gasteiger partial charge in [-0.2, -0.15) is 0 Å². The summed E-state index contributed by atoms with van der Waals surface area (Å²) in [4.78, 5) is 4.38. The van der Waals surface area contributed by atoms with E-state index < -0.39 is 0 Å². The number of hydrogen-bond acceptors (Lipinski definition) is 2. The van der Waals surface area contributed by atoms with Crippen LogP contribution in [-0.4, -0.2) is 11.6 Å². The zero-order chi connectivity index (χ0) is 13.6. The van der Waals surface area contributed by atoms with Gasteiger partial charge in [0.1, 0.15) is 0 Å². The molecule has 0 unspecified atom stereocenters. The summed E-state index contributed by atoms with van der Waals surface area (Å²) >= 11 is 0. The van der Waals surface area contributed by atoms with Crippen LogP contribution in [0.3, 0.4) is 0 Å². The fraction of sp³-hybridized carbons (Fsp3) is 0.167. The smallest absolute Gasteiger partial charge is 0.0717 e. The normalized spacial score (nSPS) is 10.8. The highest BCUT2D eigenvalue weighted by Gasteiger charge is 2.01. The molecule has 2 nitrogen and oxygen atoms in total. The minimum atomic E-state index is 0.670. The Morgan fingerprint density at radius 3 is 2.65 bits per heavy atom. The summed E-state index contributed by atoms with van der Waals surface area (Å²) in [6.45, 7) is 1.40. The lowest BCUT2D eigenvalue weighted by Gasteiger charge is -2.07. The molecule has 1 heterocycles. The van der Waals surface area contributed by atoms with Crippen LogP contribution in [0.15, 0.2) is 66.9 Å². The molecular formula is C18H17NO. The molecule has 0 saturated carbocycles. The lowest BCUT2D eigenvalue weighted by molar-refractivity contribution is 0.124. The van der Waals surface area contributed by atoms with Gasteiger partial charge in [0, 0.05) is 11.6 Å². The summed E-state index contributed by atoms with van der Waals surface area (Å²) in [6.07, 6.45) is 2.74. The van der Waals surface area contributed by atoms with Crippen LogP contribution >= 0.6 is 0 Å². The van der Waals surface area contributed by atoms with Gasteiger partial charge < -0.3 is 4.74 Å². The van der Waals surface area contributed by atoms with Gasteiger partial charge in [-0.1, -0.05) is 48.5 Å². The summed E-state index contributed by atoms with van der Waals surface area (Å²) in [5.74, 6) is 0. The number of aromatic nitrogens is 1. The Kier molecular flexibility index (Phi) is 4.04. The highest BCUT2D eigenvalue weighted by Crippen LogP contribution is 2.17. The fourth-order valence-corrected chi connectivity index (χ4v) is 2.33. The van der Waals surface area contributed by atoms with Crippen LogP contribution in [0, 0.1) is 0 Å². The lowest BCUT2D eigenvalue weighted by Crippen LogP contribution is -1.99. The third kappa shape index (κ3) is 3.03. The third-order valence-corrected chi connectivity index (χ3v) is 3.36. The molecule has 0 radical (unpaired) electrons. The number of nitrogens with zero attached hydrogens (tertiary/aromatic N) is 1. The molecule has 0 fully saturated rings. The van der Waals surface area contributed by atoms with Crippen molar-refractivity contribution in [1.29, 1.82) is 0 Å². The molecule has 2 heteroatoms. The van der Waals surface area contributed by atoms with Crippen molar-refractivity contribution < 1.29 is 4.74 Å². The molecule has 3 aromatic rings. The Balaban J connectivity index is 1.60. The molecule has 0 saturated heterocycles. The third-order valence-electron chi connectivity index (χ3n) is 3.36. The molecule has 0 aliphatic carbocycles. The van der Waals surface area contributed by atoms with E-state index in [0.29, 0.717) is 6.61 Å². The molecule has 0 N–H and O–H groups in total. The molecule has 0 aliphatic heterocycles. The molecule has 0 aliphatic rings. The average molecular weight is 263 g/mol. The first-order chi connectivity index (χ1) is 9.93. The number of pyridine rings is 1. The van der Waals surface area contributed by atoms with Crippen molar-refractivity contribution in [3.63, 3.8) is 0 Å². The van der Waals surface area contributed by atoms with E-state index in [9.17, 15) is 0 Å². The minimum Gasteiger partial charge on any atom is -0.376 e. The first-order valence-corrected chi connectivity index (χ1v) is 6.88. The van der Waals surface area contributed by atoms with Crippen LogP contribution in [0.5, 0.6) is 0 Å². The van der Waals surface area contributed by atoms with Crippen LogP contribution in [-0.2, 0) is 17.8 Å². The zero-order valence-corrected chi connectivity index (χ0v) is 11.3. The van der Waals surface area contributed by atoms with Crippen LogP contribution in [0.25, 0.3) is 10.9 Å². The largest absolute Gasteiger partial charge is 0.376 e. The molecule has 1 aromatic heterocycles. The van der Waals surface area contributed by atoms with E-state index in [0.717, 1.165) is 18.5 Å². The first kappa shape index (κ1) is 12.8. The van der Waals surface area contributed by atoms with E-state index in [1.54, 1.807) is 0 Å². The Morgan fingerprint density at radius 2 is 1.75 bits per heavy atom. The van der Waals surface area contributed by atoms with Gasteiger partial charge in [0.2, 0.25) is 0 Å². The van der Waals surface area contributed by atoms with E-state index in [1.165, 1.54) is 16.5 Å². The first-order valence-electron chi connectivity index (χ1n) is 6.88. The maximum Gasteiger partial charge on any atom is 0.0717 e. The molecule has 0 spiro atoms. The van der Waals surface area contributed by atoms with Gasteiger partial charge in [-0.3, -0.25) is 4.98 Å². The maximum atomic E-state index is 5.75. The van der Waals surface area contributed by atoms with Crippen LogP contribution < -0.4 is 0 Å². The number of ether oxygens (including phenoxy) is 1. The van der Waals surface area contributed by atoms with Gasteiger partial charge >= 0.3 is 0 Å². The van der Waals surface area contributed by atoms with Gasteiger partial charge in [-0.05, 0) is 29.7 Å². The van der Waals surface area contributed by atoms with Crippen molar-refractivity contribution in [1.82, 2.24) is 4.98 Å². The second kappa shape index (κ2) is 6.31. The summed E-state index contributed by atoms with van der Waals surface area (Å²) < 4.78 is 5.75.